The van der Waals surface area contributed by atoms with Crippen LogP contribution in [0.4, 0.5) is 14.5 Å². The largest absolute Gasteiger partial charge is 0.278 e. The first-order valence-electron chi connectivity index (χ1n) is 5.89. The minimum absolute atomic E-state index is 0.542. The lowest BCUT2D eigenvalue weighted by atomic mass is 10.1. The maximum atomic E-state index is 13.1. The third-order valence-corrected chi connectivity index (χ3v) is 2.83. The van der Waals surface area contributed by atoms with Crippen molar-refractivity contribution < 1.29 is 8.78 Å². The smallest absolute Gasteiger partial charge is 0.159 e. The van der Waals surface area contributed by atoms with Crippen molar-refractivity contribution in [3.63, 3.8) is 0 Å². The summed E-state index contributed by atoms with van der Waals surface area (Å²) in [6.07, 6.45) is 0. The van der Waals surface area contributed by atoms with Gasteiger partial charge in [-0.1, -0.05) is 18.2 Å². The molecule has 0 bridgehead atoms. The van der Waals surface area contributed by atoms with E-state index in [2.05, 4.69) is 10.5 Å². The van der Waals surface area contributed by atoms with Crippen LogP contribution in [-0.2, 0) is 0 Å². The number of aryl methyl sites for hydroxylation is 1. The summed E-state index contributed by atoms with van der Waals surface area (Å²) < 4.78 is 26.0. The predicted molar refractivity (Wildman–Crippen MR) is 73.4 cm³/mol. The Morgan fingerprint density at radius 1 is 1.05 bits per heavy atom. The molecule has 0 radical (unpaired) electrons. The fourth-order valence-corrected chi connectivity index (χ4v) is 1.63. The molecule has 0 spiro atoms. The standard InChI is InChI=1S/C15H14F2N2/c1-10-5-3-4-6-15(10)19-18-11(2)12-7-8-13(16)14(17)9-12/h3-9,19H,1-2H3/b18-11-. The van der Waals surface area contributed by atoms with Crippen molar-refractivity contribution in [1.29, 1.82) is 0 Å². The van der Waals surface area contributed by atoms with E-state index in [1.807, 2.05) is 31.2 Å². The van der Waals surface area contributed by atoms with Gasteiger partial charge in [-0.25, -0.2) is 8.78 Å². The van der Waals surface area contributed by atoms with Crippen molar-refractivity contribution in [2.45, 2.75) is 13.8 Å². The Balaban J connectivity index is 2.19. The molecule has 0 fully saturated rings. The molecule has 0 saturated heterocycles. The lowest BCUT2D eigenvalue weighted by Gasteiger charge is -2.06. The fraction of sp³-hybridized carbons (Fsp3) is 0.133. The van der Waals surface area contributed by atoms with E-state index < -0.39 is 11.6 Å². The normalized spacial score (nSPS) is 11.5. The molecule has 4 heteroatoms. The van der Waals surface area contributed by atoms with Crippen LogP contribution in [0.15, 0.2) is 47.6 Å². The van der Waals surface area contributed by atoms with Crippen LogP contribution in [0.25, 0.3) is 0 Å². The van der Waals surface area contributed by atoms with E-state index in [-0.39, 0.29) is 0 Å². The number of para-hydroxylation sites is 1. The van der Waals surface area contributed by atoms with E-state index in [0.29, 0.717) is 11.3 Å². The summed E-state index contributed by atoms with van der Waals surface area (Å²) >= 11 is 0. The summed E-state index contributed by atoms with van der Waals surface area (Å²) in [6, 6.07) is 11.4. The Labute approximate surface area is 110 Å². The first-order chi connectivity index (χ1) is 9.08. The van der Waals surface area contributed by atoms with Gasteiger partial charge >= 0.3 is 0 Å². The van der Waals surface area contributed by atoms with Crippen molar-refractivity contribution >= 4 is 11.4 Å². The van der Waals surface area contributed by atoms with Crippen LogP contribution in [0.1, 0.15) is 18.1 Å². The maximum Gasteiger partial charge on any atom is 0.159 e. The molecule has 0 aliphatic rings. The van der Waals surface area contributed by atoms with Gasteiger partial charge in [0.15, 0.2) is 11.6 Å². The molecule has 0 aliphatic heterocycles. The van der Waals surface area contributed by atoms with Gasteiger partial charge in [-0.3, -0.25) is 5.43 Å². The van der Waals surface area contributed by atoms with Crippen molar-refractivity contribution in [2.24, 2.45) is 5.10 Å². The van der Waals surface area contributed by atoms with Gasteiger partial charge in [0.2, 0.25) is 0 Å². The van der Waals surface area contributed by atoms with Crippen molar-refractivity contribution in [2.75, 3.05) is 5.43 Å². The van der Waals surface area contributed by atoms with Gasteiger partial charge < -0.3 is 0 Å². The second kappa shape index (κ2) is 5.61. The van der Waals surface area contributed by atoms with E-state index in [4.69, 9.17) is 0 Å². The molecule has 0 heterocycles. The number of nitrogens with zero attached hydrogens (tertiary/aromatic N) is 1. The molecule has 98 valence electrons. The third-order valence-electron chi connectivity index (χ3n) is 2.83. The molecule has 1 N–H and O–H groups in total. The zero-order chi connectivity index (χ0) is 13.8. The fourth-order valence-electron chi connectivity index (χ4n) is 1.63. The lowest BCUT2D eigenvalue weighted by Crippen LogP contribution is -2.01. The molecule has 0 unspecified atom stereocenters. The monoisotopic (exact) mass is 260 g/mol. The predicted octanol–water partition coefficient (Wildman–Crippen LogP) is 4.11. The summed E-state index contributed by atoms with van der Waals surface area (Å²) in [6.45, 7) is 3.70. The number of rotatable bonds is 3. The Morgan fingerprint density at radius 2 is 1.79 bits per heavy atom. The van der Waals surface area contributed by atoms with Gasteiger partial charge in [-0.05, 0) is 43.7 Å². The number of anilines is 1. The maximum absolute atomic E-state index is 13.1. The van der Waals surface area contributed by atoms with Gasteiger partial charge in [0.1, 0.15) is 0 Å². The molecule has 0 aliphatic carbocycles. The average Bonchev–Trinajstić information content (AvgIpc) is 2.40. The van der Waals surface area contributed by atoms with Crippen molar-refractivity contribution in [1.82, 2.24) is 0 Å². The van der Waals surface area contributed by atoms with Crippen LogP contribution < -0.4 is 5.43 Å². The van der Waals surface area contributed by atoms with Gasteiger partial charge in [-0.2, -0.15) is 5.10 Å². The van der Waals surface area contributed by atoms with E-state index in [9.17, 15) is 8.78 Å². The summed E-state index contributed by atoms with van der Waals surface area (Å²) in [5, 5.41) is 4.17. The molecule has 2 aromatic carbocycles. The zero-order valence-corrected chi connectivity index (χ0v) is 10.7. The Kier molecular flexibility index (Phi) is 3.90. The summed E-state index contributed by atoms with van der Waals surface area (Å²) in [7, 11) is 0. The molecule has 0 amide bonds. The average molecular weight is 260 g/mol. The van der Waals surface area contributed by atoms with Crippen LogP contribution in [0, 0.1) is 18.6 Å². The summed E-state index contributed by atoms with van der Waals surface area (Å²) in [5.74, 6) is -1.73. The second-order valence-corrected chi connectivity index (χ2v) is 4.25. The lowest BCUT2D eigenvalue weighted by molar-refractivity contribution is 0.508. The minimum atomic E-state index is -0.872. The third kappa shape index (κ3) is 3.16. The molecule has 2 aromatic rings. The van der Waals surface area contributed by atoms with Crippen LogP contribution in [0.2, 0.25) is 0 Å². The van der Waals surface area contributed by atoms with E-state index in [0.717, 1.165) is 23.4 Å². The number of benzene rings is 2. The molecule has 0 atom stereocenters. The number of nitrogens with one attached hydrogen (secondary N) is 1. The highest BCUT2D eigenvalue weighted by atomic mass is 19.2. The highest BCUT2D eigenvalue weighted by Gasteiger charge is 2.04. The Hall–Kier alpha value is -2.23. The van der Waals surface area contributed by atoms with E-state index in [1.54, 1.807) is 6.92 Å². The van der Waals surface area contributed by atoms with Crippen molar-refractivity contribution in [3.05, 3.63) is 65.2 Å². The molecular weight excluding hydrogens is 246 g/mol. The summed E-state index contributed by atoms with van der Waals surface area (Å²) in [5.41, 5.74) is 5.98. The quantitative estimate of drug-likeness (QED) is 0.651. The molecule has 19 heavy (non-hydrogen) atoms. The van der Waals surface area contributed by atoms with Gasteiger partial charge in [0.25, 0.3) is 0 Å². The van der Waals surface area contributed by atoms with Crippen molar-refractivity contribution in [3.8, 4) is 0 Å². The van der Waals surface area contributed by atoms with Crippen LogP contribution in [0.5, 0.6) is 0 Å². The molecular formula is C15H14F2N2. The van der Waals surface area contributed by atoms with Gasteiger partial charge in [-0.15, -0.1) is 0 Å². The number of hydrazone groups is 1. The number of halogens is 2. The first kappa shape index (κ1) is 13.2. The molecule has 2 rings (SSSR count). The minimum Gasteiger partial charge on any atom is -0.278 e. The number of hydrogen-bond acceptors (Lipinski definition) is 2. The van der Waals surface area contributed by atoms with Gasteiger partial charge in [0.05, 0.1) is 11.4 Å². The second-order valence-electron chi connectivity index (χ2n) is 4.25. The Morgan fingerprint density at radius 3 is 2.47 bits per heavy atom. The van der Waals surface area contributed by atoms with Crippen LogP contribution >= 0.6 is 0 Å². The van der Waals surface area contributed by atoms with Crippen LogP contribution in [-0.4, -0.2) is 5.71 Å². The molecule has 2 nitrogen and oxygen atoms in total. The highest BCUT2D eigenvalue weighted by molar-refractivity contribution is 5.99. The highest BCUT2D eigenvalue weighted by Crippen LogP contribution is 2.14. The Bertz CT molecular complexity index is 621. The zero-order valence-electron chi connectivity index (χ0n) is 10.7. The van der Waals surface area contributed by atoms with E-state index >= 15 is 0 Å². The molecule has 0 saturated carbocycles. The van der Waals surface area contributed by atoms with E-state index in [1.165, 1.54) is 6.07 Å². The molecule has 0 aromatic heterocycles. The first-order valence-corrected chi connectivity index (χ1v) is 5.89. The summed E-state index contributed by atoms with van der Waals surface area (Å²) in [4.78, 5) is 0. The number of hydrogen-bond donors (Lipinski definition) is 1. The SMILES string of the molecule is C/C(=N/Nc1ccccc1C)c1ccc(F)c(F)c1. The topological polar surface area (TPSA) is 24.4 Å². The van der Waals surface area contributed by atoms with Gasteiger partial charge in [0, 0.05) is 5.56 Å². The van der Waals surface area contributed by atoms with Crippen LogP contribution in [0.3, 0.4) is 0 Å².